The number of halogens is 1. The Morgan fingerprint density at radius 3 is 2.52 bits per heavy atom. The van der Waals surface area contributed by atoms with E-state index in [2.05, 4.69) is 21.2 Å². The van der Waals surface area contributed by atoms with Crippen molar-refractivity contribution in [1.29, 1.82) is 0 Å². The van der Waals surface area contributed by atoms with Crippen LogP contribution in [0.4, 0.5) is 0 Å². The third kappa shape index (κ3) is 7.99. The maximum atomic E-state index is 11.8. The van der Waals surface area contributed by atoms with Crippen LogP contribution in [0.3, 0.4) is 0 Å². The first-order chi connectivity index (χ1) is 10.7. The van der Waals surface area contributed by atoms with E-state index in [-0.39, 0.29) is 25.2 Å². The van der Waals surface area contributed by atoms with Gasteiger partial charge in [0.15, 0.2) is 6.61 Å². The minimum Gasteiger partial charge on any atom is -0.483 e. The maximum Gasteiger partial charge on any atom is 0.326 e. The lowest BCUT2D eigenvalue weighted by molar-refractivity contribution is -0.143. The predicted molar refractivity (Wildman–Crippen MR) is 89.5 cm³/mol. The van der Waals surface area contributed by atoms with Crippen molar-refractivity contribution >= 4 is 27.8 Å². The second kappa shape index (κ2) is 8.88. The van der Waals surface area contributed by atoms with Gasteiger partial charge in [0.1, 0.15) is 11.8 Å². The molecule has 1 amide bonds. The Kier molecular flexibility index (Phi) is 7.51. The fourth-order valence-electron chi connectivity index (χ4n) is 1.68. The van der Waals surface area contributed by atoms with Crippen molar-refractivity contribution in [2.24, 2.45) is 0 Å². The summed E-state index contributed by atoms with van der Waals surface area (Å²) in [6, 6.07) is 6.10. The number of benzene rings is 1. The highest BCUT2D eigenvalue weighted by Gasteiger charge is 2.21. The van der Waals surface area contributed by atoms with Gasteiger partial charge in [0, 0.05) is 13.0 Å². The van der Waals surface area contributed by atoms with E-state index in [1.165, 1.54) is 0 Å². The van der Waals surface area contributed by atoms with Gasteiger partial charge in [-0.15, -0.1) is 0 Å². The van der Waals surface area contributed by atoms with Gasteiger partial charge in [-0.05, 0) is 48.8 Å². The molecule has 0 saturated carbocycles. The quantitative estimate of drug-likeness (QED) is 0.715. The van der Waals surface area contributed by atoms with Gasteiger partial charge in [-0.3, -0.25) is 4.79 Å². The topological polar surface area (TPSA) is 84.9 Å². The van der Waals surface area contributed by atoms with Crippen molar-refractivity contribution < 1.29 is 24.2 Å². The molecule has 7 heteroatoms. The monoisotopic (exact) mass is 387 g/mol. The number of ether oxygens (including phenoxy) is 2. The molecular formula is C16H22BrNO5. The van der Waals surface area contributed by atoms with Crippen molar-refractivity contribution in [3.8, 4) is 5.75 Å². The molecule has 0 aromatic heterocycles. The van der Waals surface area contributed by atoms with Crippen molar-refractivity contribution in [3.63, 3.8) is 0 Å². The molecule has 0 aliphatic heterocycles. The predicted octanol–water partition coefficient (Wildman–Crippen LogP) is 2.60. The SMILES string of the molecule is CC(C)(C)OCCC(NC(=O)COc1ccccc1Br)C(=O)O. The Morgan fingerprint density at radius 2 is 1.96 bits per heavy atom. The zero-order valence-corrected chi connectivity index (χ0v) is 15.1. The molecule has 128 valence electrons. The average molecular weight is 388 g/mol. The lowest BCUT2D eigenvalue weighted by Gasteiger charge is -2.21. The van der Waals surface area contributed by atoms with Crippen LogP contribution >= 0.6 is 15.9 Å². The lowest BCUT2D eigenvalue weighted by Crippen LogP contribution is -2.44. The lowest BCUT2D eigenvalue weighted by atomic mass is 10.2. The fourth-order valence-corrected chi connectivity index (χ4v) is 2.08. The molecule has 0 radical (unpaired) electrons. The number of rotatable bonds is 8. The molecule has 23 heavy (non-hydrogen) atoms. The molecule has 2 N–H and O–H groups in total. The van der Waals surface area contributed by atoms with Crippen LogP contribution in [-0.2, 0) is 14.3 Å². The number of hydrogen-bond donors (Lipinski definition) is 2. The molecule has 1 aromatic carbocycles. The highest BCUT2D eigenvalue weighted by atomic mass is 79.9. The van der Waals surface area contributed by atoms with Crippen LogP contribution < -0.4 is 10.1 Å². The molecule has 0 aliphatic rings. The number of hydrogen-bond acceptors (Lipinski definition) is 4. The van der Waals surface area contributed by atoms with E-state index in [0.717, 1.165) is 4.47 Å². The van der Waals surface area contributed by atoms with Gasteiger partial charge in [-0.1, -0.05) is 12.1 Å². The van der Waals surface area contributed by atoms with E-state index >= 15 is 0 Å². The van der Waals surface area contributed by atoms with Gasteiger partial charge in [0.05, 0.1) is 10.1 Å². The van der Waals surface area contributed by atoms with Crippen LogP contribution in [0.1, 0.15) is 27.2 Å². The molecule has 1 rings (SSSR count). The number of carboxylic acids is 1. The number of carboxylic acid groups (broad SMARTS) is 1. The largest absolute Gasteiger partial charge is 0.483 e. The van der Waals surface area contributed by atoms with Crippen molar-refractivity contribution in [3.05, 3.63) is 28.7 Å². The van der Waals surface area contributed by atoms with Gasteiger partial charge < -0.3 is 19.9 Å². The van der Waals surface area contributed by atoms with E-state index in [9.17, 15) is 9.59 Å². The maximum absolute atomic E-state index is 11.8. The fraction of sp³-hybridized carbons (Fsp3) is 0.500. The summed E-state index contributed by atoms with van der Waals surface area (Å²) in [6.45, 7) is 5.63. The van der Waals surface area contributed by atoms with E-state index < -0.39 is 17.9 Å². The number of amides is 1. The van der Waals surface area contributed by atoms with Crippen LogP contribution in [-0.4, -0.2) is 41.8 Å². The highest BCUT2D eigenvalue weighted by Crippen LogP contribution is 2.23. The average Bonchev–Trinajstić information content (AvgIpc) is 2.44. The molecule has 1 atom stereocenters. The van der Waals surface area contributed by atoms with Gasteiger partial charge in [0.25, 0.3) is 5.91 Å². The summed E-state index contributed by atoms with van der Waals surface area (Å²) in [5.41, 5.74) is -0.351. The molecule has 0 saturated heterocycles. The van der Waals surface area contributed by atoms with Gasteiger partial charge >= 0.3 is 5.97 Å². The Labute approximate surface area is 144 Å². The van der Waals surface area contributed by atoms with Crippen LogP contribution in [0, 0.1) is 0 Å². The number of nitrogens with one attached hydrogen (secondary N) is 1. The van der Waals surface area contributed by atoms with Crippen molar-refractivity contribution in [2.45, 2.75) is 38.8 Å². The highest BCUT2D eigenvalue weighted by molar-refractivity contribution is 9.10. The van der Waals surface area contributed by atoms with Crippen LogP contribution in [0.5, 0.6) is 5.75 Å². The van der Waals surface area contributed by atoms with Gasteiger partial charge in [-0.2, -0.15) is 0 Å². The molecule has 6 nitrogen and oxygen atoms in total. The number of carbonyl (C=O) groups is 2. The minimum absolute atomic E-state index is 0.188. The molecular weight excluding hydrogens is 366 g/mol. The van der Waals surface area contributed by atoms with Gasteiger partial charge in [-0.25, -0.2) is 4.79 Å². The van der Waals surface area contributed by atoms with E-state index in [4.69, 9.17) is 14.6 Å². The first kappa shape index (κ1) is 19.4. The number of aliphatic carboxylic acids is 1. The summed E-state index contributed by atoms with van der Waals surface area (Å²) in [6.07, 6.45) is 0.188. The third-order valence-corrected chi connectivity index (χ3v) is 3.43. The Bertz CT molecular complexity index is 542. The van der Waals surface area contributed by atoms with Crippen LogP contribution in [0.2, 0.25) is 0 Å². The first-order valence-corrected chi connectivity index (χ1v) is 8.02. The summed E-state index contributed by atoms with van der Waals surface area (Å²) in [4.78, 5) is 23.0. The summed E-state index contributed by atoms with van der Waals surface area (Å²) < 4.78 is 11.6. The van der Waals surface area contributed by atoms with Crippen LogP contribution in [0.25, 0.3) is 0 Å². The standard InChI is InChI=1S/C16H22BrNO5/c1-16(2,3)23-9-8-12(15(20)21)18-14(19)10-22-13-7-5-4-6-11(13)17/h4-7,12H,8-10H2,1-3H3,(H,18,19)(H,20,21). The van der Waals surface area contributed by atoms with E-state index in [1.54, 1.807) is 18.2 Å². The smallest absolute Gasteiger partial charge is 0.326 e. The van der Waals surface area contributed by atoms with E-state index in [1.807, 2.05) is 26.8 Å². The molecule has 1 aromatic rings. The number of para-hydroxylation sites is 1. The molecule has 0 spiro atoms. The Morgan fingerprint density at radius 1 is 1.30 bits per heavy atom. The van der Waals surface area contributed by atoms with E-state index in [0.29, 0.717) is 5.75 Å². The second-order valence-electron chi connectivity index (χ2n) is 5.93. The zero-order valence-electron chi connectivity index (χ0n) is 13.5. The zero-order chi connectivity index (χ0) is 17.5. The first-order valence-electron chi connectivity index (χ1n) is 7.22. The number of carbonyl (C=O) groups excluding carboxylic acids is 1. The van der Waals surface area contributed by atoms with Crippen molar-refractivity contribution in [1.82, 2.24) is 5.32 Å². The molecule has 0 bridgehead atoms. The van der Waals surface area contributed by atoms with Crippen LogP contribution in [0.15, 0.2) is 28.7 Å². The molecule has 1 unspecified atom stereocenters. The normalized spacial score (nSPS) is 12.5. The summed E-state index contributed by atoms with van der Waals surface area (Å²) in [5, 5.41) is 11.6. The van der Waals surface area contributed by atoms with Crippen molar-refractivity contribution in [2.75, 3.05) is 13.2 Å². The second-order valence-corrected chi connectivity index (χ2v) is 6.78. The molecule has 0 heterocycles. The molecule has 0 aliphatic carbocycles. The minimum atomic E-state index is -1.10. The Balaban J connectivity index is 2.45. The third-order valence-electron chi connectivity index (χ3n) is 2.77. The Hall–Kier alpha value is -1.60. The summed E-state index contributed by atoms with van der Waals surface area (Å²) in [7, 11) is 0. The molecule has 0 fully saturated rings. The summed E-state index contributed by atoms with van der Waals surface area (Å²) >= 11 is 3.31. The summed E-state index contributed by atoms with van der Waals surface area (Å²) in [5.74, 6) is -1.08. The van der Waals surface area contributed by atoms with Gasteiger partial charge in [0.2, 0.25) is 0 Å².